The third-order valence-electron chi connectivity index (χ3n) is 6.06. The Labute approximate surface area is 189 Å². The molecule has 1 aliphatic heterocycles. The van der Waals surface area contributed by atoms with E-state index in [4.69, 9.17) is 5.11 Å². The number of amides is 1. The minimum atomic E-state index is -3.38. The van der Waals surface area contributed by atoms with Crippen molar-refractivity contribution in [2.75, 3.05) is 6.54 Å². The number of carboxylic acids is 1. The molecule has 1 fully saturated rings. The van der Waals surface area contributed by atoms with Crippen molar-refractivity contribution < 1.29 is 28.6 Å². The maximum atomic E-state index is 14.0. The summed E-state index contributed by atoms with van der Waals surface area (Å²) in [5.74, 6) is -5.42. The van der Waals surface area contributed by atoms with Crippen molar-refractivity contribution in [1.82, 2.24) is 4.90 Å². The lowest BCUT2D eigenvalue weighted by atomic mass is 9.95. The van der Waals surface area contributed by atoms with Gasteiger partial charge >= 0.3 is 11.9 Å². The van der Waals surface area contributed by atoms with E-state index < -0.39 is 36.4 Å². The van der Waals surface area contributed by atoms with Crippen LogP contribution in [-0.4, -0.2) is 51.6 Å². The van der Waals surface area contributed by atoms with Crippen molar-refractivity contribution in [3.05, 3.63) is 48.0 Å². The van der Waals surface area contributed by atoms with Gasteiger partial charge in [0, 0.05) is 19.4 Å². The highest BCUT2D eigenvalue weighted by atomic mass is 19.3. The Morgan fingerprint density at radius 2 is 1.88 bits per heavy atom. The number of likely N-dealkylation sites (tertiary alicyclic amines) is 1. The van der Waals surface area contributed by atoms with Gasteiger partial charge in [0.2, 0.25) is 0 Å². The van der Waals surface area contributed by atoms with Gasteiger partial charge in [0.1, 0.15) is 0 Å². The Morgan fingerprint density at radius 3 is 2.56 bits per heavy atom. The molecule has 2 rings (SSSR count). The van der Waals surface area contributed by atoms with Crippen LogP contribution in [0.5, 0.6) is 0 Å². The minimum Gasteiger partial charge on any atom is -0.481 e. The highest BCUT2D eigenvalue weighted by Crippen LogP contribution is 2.34. The molecule has 1 aromatic rings. The van der Waals surface area contributed by atoms with E-state index in [1.165, 1.54) is 10.5 Å². The highest BCUT2D eigenvalue weighted by molar-refractivity contribution is 5.86. The molecule has 0 bridgehead atoms. The van der Waals surface area contributed by atoms with Crippen molar-refractivity contribution in [2.45, 2.75) is 82.8 Å². The zero-order valence-electron chi connectivity index (χ0n) is 18.8. The summed E-state index contributed by atoms with van der Waals surface area (Å²) >= 11 is 0. The maximum absolute atomic E-state index is 14.0. The standard InChI is InChI=1S/C25H35F2NO4/c1-19(10-9-13-20-11-5-4-6-12-20)22(29)16-15-21-18-25(26,27)24(32)28(21)17-8-3-2-7-14-23(30)31/h4-6,11-12,15-16,19,21-22,29H,2-3,7-10,13-14,17-18H2,1H3,(H,30,31)/t19?,21-,22-/m0/s1. The zero-order valence-corrected chi connectivity index (χ0v) is 18.8. The number of hydrogen-bond acceptors (Lipinski definition) is 3. The average molecular weight is 452 g/mol. The second-order valence-corrected chi connectivity index (χ2v) is 8.76. The van der Waals surface area contributed by atoms with Crippen LogP contribution in [0.15, 0.2) is 42.5 Å². The summed E-state index contributed by atoms with van der Waals surface area (Å²) in [4.78, 5) is 23.8. The number of rotatable bonds is 14. The van der Waals surface area contributed by atoms with E-state index in [1.807, 2.05) is 25.1 Å². The molecule has 1 saturated heterocycles. The summed E-state index contributed by atoms with van der Waals surface area (Å²) in [5.41, 5.74) is 1.25. The van der Waals surface area contributed by atoms with Crippen molar-refractivity contribution in [3.8, 4) is 0 Å². The minimum absolute atomic E-state index is 0.0183. The molecular formula is C25H35F2NO4. The quantitative estimate of drug-likeness (QED) is 0.314. The molecule has 7 heteroatoms. The number of carboxylic acid groups (broad SMARTS) is 1. The number of aliphatic hydroxyl groups is 1. The van der Waals surface area contributed by atoms with E-state index in [1.54, 1.807) is 12.2 Å². The van der Waals surface area contributed by atoms with E-state index >= 15 is 0 Å². The van der Waals surface area contributed by atoms with Crippen LogP contribution in [0.25, 0.3) is 0 Å². The van der Waals surface area contributed by atoms with Crippen LogP contribution >= 0.6 is 0 Å². The molecule has 0 aromatic heterocycles. The fraction of sp³-hybridized carbons (Fsp3) is 0.600. The van der Waals surface area contributed by atoms with Gasteiger partial charge < -0.3 is 15.1 Å². The monoisotopic (exact) mass is 451 g/mol. The van der Waals surface area contributed by atoms with Gasteiger partial charge in [-0.1, -0.05) is 62.2 Å². The molecular weight excluding hydrogens is 416 g/mol. The number of aryl methyl sites for hydroxylation is 1. The SMILES string of the molecule is CC(CCCc1ccccc1)[C@@H](O)C=C[C@H]1CC(F)(F)C(=O)N1CCCCCCC(=O)O. The van der Waals surface area contributed by atoms with Gasteiger partial charge in [-0.3, -0.25) is 9.59 Å². The fourth-order valence-electron chi connectivity index (χ4n) is 4.05. The van der Waals surface area contributed by atoms with Crippen molar-refractivity contribution in [2.24, 2.45) is 5.92 Å². The molecule has 1 heterocycles. The maximum Gasteiger partial charge on any atom is 0.327 e. The third kappa shape index (κ3) is 8.34. The number of alkyl halides is 2. The zero-order chi connectivity index (χ0) is 23.6. The van der Waals surface area contributed by atoms with Crippen LogP contribution in [0.1, 0.15) is 63.9 Å². The largest absolute Gasteiger partial charge is 0.481 e. The van der Waals surface area contributed by atoms with E-state index in [2.05, 4.69) is 12.1 Å². The van der Waals surface area contributed by atoms with Gasteiger partial charge in [-0.15, -0.1) is 0 Å². The fourth-order valence-corrected chi connectivity index (χ4v) is 4.05. The molecule has 2 N–H and O–H groups in total. The van der Waals surface area contributed by atoms with Crippen LogP contribution in [0.2, 0.25) is 0 Å². The van der Waals surface area contributed by atoms with Crippen LogP contribution in [-0.2, 0) is 16.0 Å². The molecule has 5 nitrogen and oxygen atoms in total. The predicted octanol–water partition coefficient (Wildman–Crippen LogP) is 4.83. The number of aliphatic carboxylic acids is 1. The van der Waals surface area contributed by atoms with Gasteiger partial charge in [0.25, 0.3) is 5.91 Å². The summed E-state index contributed by atoms with van der Waals surface area (Å²) in [6.45, 7) is 2.14. The number of halogens is 2. The van der Waals surface area contributed by atoms with Gasteiger partial charge in [0.05, 0.1) is 12.1 Å². The molecule has 1 amide bonds. The lowest BCUT2D eigenvalue weighted by molar-refractivity contribution is -0.148. The molecule has 3 atom stereocenters. The second-order valence-electron chi connectivity index (χ2n) is 8.76. The number of unbranched alkanes of at least 4 members (excludes halogenated alkanes) is 3. The van der Waals surface area contributed by atoms with E-state index in [0.29, 0.717) is 25.7 Å². The second kappa shape index (κ2) is 12.7. The van der Waals surface area contributed by atoms with Crippen molar-refractivity contribution in [3.63, 3.8) is 0 Å². The Morgan fingerprint density at radius 1 is 1.19 bits per heavy atom. The number of carbonyl (C=O) groups is 2. The first-order valence-corrected chi connectivity index (χ1v) is 11.5. The number of aliphatic hydroxyl groups excluding tert-OH is 1. The lowest BCUT2D eigenvalue weighted by Crippen LogP contribution is -2.36. The Balaban J connectivity index is 1.81. The van der Waals surface area contributed by atoms with Crippen LogP contribution in [0.3, 0.4) is 0 Å². The number of carbonyl (C=O) groups excluding carboxylic acids is 1. The Kier molecular flexibility index (Phi) is 10.3. The van der Waals surface area contributed by atoms with E-state index in [-0.39, 0.29) is 18.9 Å². The van der Waals surface area contributed by atoms with Crippen molar-refractivity contribution in [1.29, 1.82) is 0 Å². The normalized spacial score (nSPS) is 20.1. The van der Waals surface area contributed by atoms with E-state index in [9.17, 15) is 23.5 Å². The molecule has 0 saturated carbocycles. The first-order chi connectivity index (χ1) is 15.2. The van der Waals surface area contributed by atoms with Gasteiger partial charge in [-0.05, 0) is 43.6 Å². The smallest absolute Gasteiger partial charge is 0.327 e. The molecule has 0 radical (unpaired) electrons. The summed E-state index contributed by atoms with van der Waals surface area (Å²) in [6.07, 6.45) is 6.95. The average Bonchev–Trinajstić information content (AvgIpc) is 2.97. The predicted molar refractivity (Wildman–Crippen MR) is 119 cm³/mol. The molecule has 1 unspecified atom stereocenters. The Bertz CT molecular complexity index is 754. The molecule has 1 aliphatic rings. The third-order valence-corrected chi connectivity index (χ3v) is 6.06. The van der Waals surface area contributed by atoms with E-state index in [0.717, 1.165) is 19.3 Å². The van der Waals surface area contributed by atoms with Crippen LogP contribution in [0.4, 0.5) is 8.78 Å². The van der Waals surface area contributed by atoms with Gasteiger partial charge in [-0.2, -0.15) is 8.78 Å². The summed E-state index contributed by atoms with van der Waals surface area (Å²) < 4.78 is 28.0. The van der Waals surface area contributed by atoms with Crippen LogP contribution in [0, 0.1) is 5.92 Å². The number of benzene rings is 1. The van der Waals surface area contributed by atoms with Crippen LogP contribution < -0.4 is 0 Å². The molecule has 0 aliphatic carbocycles. The topological polar surface area (TPSA) is 77.8 Å². The lowest BCUT2D eigenvalue weighted by Gasteiger charge is -2.22. The molecule has 178 valence electrons. The first kappa shape index (κ1) is 26.0. The highest BCUT2D eigenvalue weighted by Gasteiger charge is 2.52. The molecule has 1 aromatic carbocycles. The summed E-state index contributed by atoms with van der Waals surface area (Å²) in [6, 6.07) is 9.37. The number of hydrogen-bond donors (Lipinski definition) is 2. The molecule has 0 spiro atoms. The Hall–Kier alpha value is -2.28. The van der Waals surface area contributed by atoms with Crippen molar-refractivity contribution >= 4 is 11.9 Å². The first-order valence-electron chi connectivity index (χ1n) is 11.5. The molecule has 32 heavy (non-hydrogen) atoms. The van der Waals surface area contributed by atoms with Gasteiger partial charge in [0.15, 0.2) is 0 Å². The number of nitrogens with zero attached hydrogens (tertiary/aromatic N) is 1. The summed E-state index contributed by atoms with van der Waals surface area (Å²) in [7, 11) is 0. The van der Waals surface area contributed by atoms with Gasteiger partial charge in [-0.25, -0.2) is 0 Å². The summed E-state index contributed by atoms with van der Waals surface area (Å²) in [5, 5.41) is 19.1.